The third-order valence-corrected chi connectivity index (χ3v) is 3.40. The number of nitrogens with one attached hydrogen (secondary N) is 1. The molecule has 21 heavy (non-hydrogen) atoms. The van der Waals surface area contributed by atoms with Crippen LogP contribution in [0.15, 0.2) is 24.4 Å². The Hall–Kier alpha value is -1.53. The summed E-state index contributed by atoms with van der Waals surface area (Å²) in [4.78, 5) is 0. The fourth-order valence-electron chi connectivity index (χ4n) is 1.95. The summed E-state index contributed by atoms with van der Waals surface area (Å²) < 4.78 is 40.9. The van der Waals surface area contributed by atoms with Gasteiger partial charge in [0, 0.05) is 12.7 Å². The third-order valence-electron chi connectivity index (χ3n) is 3.03. The predicted octanol–water partition coefficient (Wildman–Crippen LogP) is 3.96. The number of benzene rings is 1. The summed E-state index contributed by atoms with van der Waals surface area (Å²) in [7, 11) is 0. The lowest BCUT2D eigenvalue weighted by molar-refractivity contribution is -0.137. The number of rotatable bonds is 4. The average Bonchev–Trinajstić information content (AvgIpc) is 2.75. The van der Waals surface area contributed by atoms with Gasteiger partial charge in [0.2, 0.25) is 0 Å². The standard InChI is InChI=1S/C14H15ClF3N3/c1-3-19-7-10-4-5-13(11(6-10)14(16,17)18)21-8-12(15)9(2)20-21/h4-6,8,19H,3,7H2,1-2H3. The van der Waals surface area contributed by atoms with E-state index in [2.05, 4.69) is 10.4 Å². The summed E-state index contributed by atoms with van der Waals surface area (Å²) >= 11 is 5.87. The summed E-state index contributed by atoms with van der Waals surface area (Å²) in [6, 6.07) is 4.21. The largest absolute Gasteiger partial charge is 0.418 e. The first-order chi connectivity index (χ1) is 9.82. The summed E-state index contributed by atoms with van der Waals surface area (Å²) in [5.41, 5.74) is 0.305. The topological polar surface area (TPSA) is 29.9 Å². The maximum absolute atomic E-state index is 13.2. The van der Waals surface area contributed by atoms with Gasteiger partial charge in [-0.2, -0.15) is 18.3 Å². The third kappa shape index (κ3) is 3.57. The molecule has 0 aliphatic heterocycles. The van der Waals surface area contributed by atoms with Crippen molar-refractivity contribution < 1.29 is 13.2 Å². The normalized spacial score (nSPS) is 11.9. The quantitative estimate of drug-likeness (QED) is 0.925. The van der Waals surface area contributed by atoms with Crippen LogP contribution in [0.4, 0.5) is 13.2 Å². The molecule has 114 valence electrons. The van der Waals surface area contributed by atoms with Crippen molar-refractivity contribution in [2.24, 2.45) is 0 Å². The van der Waals surface area contributed by atoms with E-state index >= 15 is 0 Å². The van der Waals surface area contributed by atoms with Gasteiger partial charge in [-0.15, -0.1) is 0 Å². The highest BCUT2D eigenvalue weighted by Crippen LogP contribution is 2.35. The number of hydrogen-bond acceptors (Lipinski definition) is 2. The SMILES string of the molecule is CCNCc1ccc(-n2cc(Cl)c(C)n2)c(C(F)(F)F)c1. The van der Waals surface area contributed by atoms with E-state index < -0.39 is 11.7 Å². The van der Waals surface area contributed by atoms with Gasteiger partial charge in [-0.05, 0) is 31.2 Å². The zero-order valence-corrected chi connectivity index (χ0v) is 12.4. The molecule has 0 aliphatic rings. The van der Waals surface area contributed by atoms with Gasteiger partial charge < -0.3 is 5.32 Å². The Morgan fingerprint density at radius 2 is 2.05 bits per heavy atom. The van der Waals surface area contributed by atoms with E-state index in [1.54, 1.807) is 13.0 Å². The molecule has 0 saturated carbocycles. The molecule has 7 heteroatoms. The van der Waals surface area contributed by atoms with Crippen molar-refractivity contribution >= 4 is 11.6 Å². The fraction of sp³-hybridized carbons (Fsp3) is 0.357. The highest BCUT2D eigenvalue weighted by Gasteiger charge is 2.34. The van der Waals surface area contributed by atoms with E-state index in [0.29, 0.717) is 29.4 Å². The second-order valence-corrected chi connectivity index (χ2v) is 5.04. The molecule has 1 N–H and O–H groups in total. The Bertz CT molecular complexity index is 615. The lowest BCUT2D eigenvalue weighted by Crippen LogP contribution is -2.15. The van der Waals surface area contributed by atoms with Crippen LogP contribution < -0.4 is 5.32 Å². The monoisotopic (exact) mass is 317 g/mol. The minimum absolute atomic E-state index is 0.0299. The number of hydrogen-bond donors (Lipinski definition) is 1. The Morgan fingerprint density at radius 3 is 2.57 bits per heavy atom. The Morgan fingerprint density at radius 1 is 1.33 bits per heavy atom. The summed E-state index contributed by atoms with van der Waals surface area (Å²) in [5, 5.41) is 7.35. The van der Waals surface area contributed by atoms with Crippen molar-refractivity contribution in [3.8, 4) is 5.69 Å². The van der Waals surface area contributed by atoms with Crippen LogP contribution in [0.25, 0.3) is 5.69 Å². The zero-order valence-electron chi connectivity index (χ0n) is 11.6. The zero-order chi connectivity index (χ0) is 15.6. The molecule has 1 heterocycles. The maximum Gasteiger partial charge on any atom is 0.418 e. The van der Waals surface area contributed by atoms with Gasteiger partial charge in [-0.25, -0.2) is 4.68 Å². The molecule has 2 rings (SSSR count). The van der Waals surface area contributed by atoms with Crippen molar-refractivity contribution in [1.29, 1.82) is 0 Å². The molecule has 0 radical (unpaired) electrons. The number of halogens is 4. The van der Waals surface area contributed by atoms with E-state index in [1.807, 2.05) is 6.92 Å². The van der Waals surface area contributed by atoms with Gasteiger partial charge in [0.05, 0.1) is 22.0 Å². The summed E-state index contributed by atoms with van der Waals surface area (Å²) in [6.45, 7) is 4.62. The van der Waals surface area contributed by atoms with Crippen molar-refractivity contribution in [2.45, 2.75) is 26.6 Å². The van der Waals surface area contributed by atoms with E-state index in [0.717, 1.165) is 10.7 Å². The molecule has 0 fully saturated rings. The molecular weight excluding hydrogens is 303 g/mol. The molecule has 2 aromatic rings. The Kier molecular flexibility index (Phi) is 4.58. The fourth-order valence-corrected chi connectivity index (χ4v) is 2.08. The van der Waals surface area contributed by atoms with Gasteiger partial charge in [0.25, 0.3) is 0 Å². The van der Waals surface area contributed by atoms with Crippen molar-refractivity contribution in [3.05, 3.63) is 46.2 Å². The average molecular weight is 318 g/mol. The maximum atomic E-state index is 13.2. The van der Waals surface area contributed by atoms with E-state index in [4.69, 9.17) is 11.6 Å². The molecule has 0 aliphatic carbocycles. The van der Waals surface area contributed by atoms with Gasteiger partial charge in [-0.3, -0.25) is 0 Å². The van der Waals surface area contributed by atoms with Gasteiger partial charge in [0.1, 0.15) is 0 Å². The first kappa shape index (κ1) is 15.9. The lowest BCUT2D eigenvalue weighted by atomic mass is 10.1. The van der Waals surface area contributed by atoms with Crippen LogP contribution in [0.2, 0.25) is 5.02 Å². The smallest absolute Gasteiger partial charge is 0.313 e. The van der Waals surface area contributed by atoms with Crippen molar-refractivity contribution in [3.63, 3.8) is 0 Å². The molecule has 0 amide bonds. The van der Waals surface area contributed by atoms with E-state index in [9.17, 15) is 13.2 Å². The molecule has 0 saturated heterocycles. The van der Waals surface area contributed by atoms with Crippen LogP contribution in [-0.4, -0.2) is 16.3 Å². The molecule has 1 aromatic carbocycles. The summed E-state index contributed by atoms with van der Waals surface area (Å²) in [6.07, 6.45) is -3.07. The van der Waals surface area contributed by atoms with Gasteiger partial charge >= 0.3 is 6.18 Å². The molecule has 1 aromatic heterocycles. The predicted molar refractivity (Wildman–Crippen MR) is 75.7 cm³/mol. The van der Waals surface area contributed by atoms with Crippen molar-refractivity contribution in [2.75, 3.05) is 6.54 Å². The molecule has 0 spiro atoms. The van der Waals surface area contributed by atoms with Gasteiger partial charge in [0.15, 0.2) is 0 Å². The molecule has 0 bridgehead atoms. The minimum Gasteiger partial charge on any atom is -0.313 e. The molecule has 3 nitrogen and oxygen atoms in total. The minimum atomic E-state index is -4.45. The second kappa shape index (κ2) is 6.07. The van der Waals surface area contributed by atoms with Crippen LogP contribution in [0, 0.1) is 6.92 Å². The highest BCUT2D eigenvalue weighted by molar-refractivity contribution is 6.31. The Labute approximate surface area is 125 Å². The molecular formula is C14H15ClF3N3. The molecule has 0 unspecified atom stereocenters. The summed E-state index contributed by atoms with van der Waals surface area (Å²) in [5.74, 6) is 0. The van der Waals surface area contributed by atoms with Crippen molar-refractivity contribution in [1.82, 2.24) is 15.1 Å². The van der Waals surface area contributed by atoms with E-state index in [1.165, 1.54) is 12.3 Å². The number of aryl methyl sites for hydroxylation is 1. The van der Waals surface area contributed by atoms with Crippen LogP contribution >= 0.6 is 11.6 Å². The van der Waals surface area contributed by atoms with Crippen LogP contribution in [0.5, 0.6) is 0 Å². The highest BCUT2D eigenvalue weighted by atomic mass is 35.5. The van der Waals surface area contributed by atoms with Gasteiger partial charge in [-0.1, -0.05) is 24.6 Å². The molecule has 0 atom stereocenters. The van der Waals surface area contributed by atoms with Crippen LogP contribution in [0.3, 0.4) is 0 Å². The number of alkyl halides is 3. The first-order valence-electron chi connectivity index (χ1n) is 6.46. The lowest BCUT2D eigenvalue weighted by Gasteiger charge is -2.14. The Balaban J connectivity index is 2.49. The van der Waals surface area contributed by atoms with E-state index in [-0.39, 0.29) is 5.69 Å². The first-order valence-corrected chi connectivity index (χ1v) is 6.83. The van der Waals surface area contributed by atoms with Crippen LogP contribution in [0.1, 0.15) is 23.7 Å². The number of aromatic nitrogens is 2. The van der Waals surface area contributed by atoms with Crippen LogP contribution in [-0.2, 0) is 12.7 Å². The number of nitrogens with zero attached hydrogens (tertiary/aromatic N) is 2. The second-order valence-electron chi connectivity index (χ2n) is 4.64.